The number of anilines is 1. The molecule has 0 fully saturated rings. The first kappa shape index (κ1) is 12.0. The molecule has 2 aliphatic rings. The number of hydrogen-bond donors (Lipinski definition) is 1. The predicted octanol–water partition coefficient (Wildman–Crippen LogP) is 4.15. The molecule has 3 heteroatoms. The molecule has 1 N–H and O–H groups in total. The zero-order valence-electron chi connectivity index (χ0n) is 10.9. The van der Waals surface area contributed by atoms with Crippen molar-refractivity contribution in [2.75, 3.05) is 12.4 Å². The first-order valence-electron chi connectivity index (χ1n) is 6.46. The molecule has 0 unspecified atom stereocenters. The summed E-state index contributed by atoms with van der Waals surface area (Å²) in [5.41, 5.74) is 4.66. The van der Waals surface area contributed by atoms with Gasteiger partial charge in [-0.3, -0.25) is 0 Å². The summed E-state index contributed by atoms with van der Waals surface area (Å²) in [7, 11) is 1.69. The van der Waals surface area contributed by atoms with E-state index in [2.05, 4.69) is 17.5 Å². The summed E-state index contributed by atoms with van der Waals surface area (Å²) in [5, 5.41) is 3.34. The fraction of sp³-hybridized carbons (Fsp3) is 0.250. The topological polar surface area (TPSA) is 21.3 Å². The van der Waals surface area contributed by atoms with Gasteiger partial charge in [0.1, 0.15) is 11.6 Å². The molecular formula is C16H16FNO. The van der Waals surface area contributed by atoms with E-state index in [1.165, 1.54) is 29.0 Å². The van der Waals surface area contributed by atoms with Crippen LogP contribution in [0, 0.1) is 5.82 Å². The highest BCUT2D eigenvalue weighted by Crippen LogP contribution is 2.37. The van der Waals surface area contributed by atoms with Crippen LogP contribution >= 0.6 is 0 Å². The Bertz CT molecular complexity index is 599. The Morgan fingerprint density at radius 2 is 2.16 bits per heavy atom. The Kier molecular flexibility index (Phi) is 3.11. The molecule has 0 spiro atoms. The van der Waals surface area contributed by atoms with Crippen LogP contribution in [-0.4, -0.2) is 7.11 Å². The second kappa shape index (κ2) is 4.92. The minimum atomic E-state index is -0.213. The highest BCUT2D eigenvalue weighted by atomic mass is 19.1. The second-order valence-corrected chi connectivity index (χ2v) is 4.78. The van der Waals surface area contributed by atoms with E-state index in [9.17, 15) is 4.39 Å². The van der Waals surface area contributed by atoms with Gasteiger partial charge in [-0.25, -0.2) is 4.39 Å². The Hall–Kier alpha value is -2.03. The number of ether oxygens (including phenoxy) is 1. The van der Waals surface area contributed by atoms with Crippen molar-refractivity contribution < 1.29 is 9.13 Å². The van der Waals surface area contributed by atoms with Gasteiger partial charge >= 0.3 is 0 Å². The molecule has 0 amide bonds. The third-order valence-electron chi connectivity index (χ3n) is 3.58. The molecule has 3 rings (SSSR count). The van der Waals surface area contributed by atoms with Crippen molar-refractivity contribution in [1.29, 1.82) is 0 Å². The van der Waals surface area contributed by atoms with Gasteiger partial charge in [-0.15, -0.1) is 0 Å². The Balaban J connectivity index is 1.84. The van der Waals surface area contributed by atoms with Gasteiger partial charge in [0, 0.05) is 11.4 Å². The molecule has 98 valence electrons. The lowest BCUT2D eigenvalue weighted by atomic mass is 9.99. The summed E-state index contributed by atoms with van der Waals surface area (Å²) < 4.78 is 18.4. The predicted molar refractivity (Wildman–Crippen MR) is 74.1 cm³/mol. The number of benzene rings is 1. The quantitative estimate of drug-likeness (QED) is 0.878. The normalized spacial score (nSPS) is 17.8. The highest BCUT2D eigenvalue weighted by molar-refractivity contribution is 5.56. The summed E-state index contributed by atoms with van der Waals surface area (Å²) in [6, 6.07) is 6.59. The molecule has 1 aromatic carbocycles. The maximum absolute atomic E-state index is 13.2. The minimum absolute atomic E-state index is 0.213. The van der Waals surface area contributed by atoms with Crippen molar-refractivity contribution in [1.82, 2.24) is 0 Å². The van der Waals surface area contributed by atoms with E-state index < -0.39 is 0 Å². The van der Waals surface area contributed by atoms with E-state index in [1.54, 1.807) is 13.2 Å². The van der Waals surface area contributed by atoms with Crippen molar-refractivity contribution in [3.05, 3.63) is 64.8 Å². The molecule has 0 aromatic heterocycles. The number of methoxy groups -OCH3 is 1. The zero-order chi connectivity index (χ0) is 13.2. The molecule has 0 atom stereocenters. The summed E-state index contributed by atoms with van der Waals surface area (Å²) >= 11 is 0. The van der Waals surface area contributed by atoms with Crippen LogP contribution < -0.4 is 5.32 Å². The molecule has 2 nitrogen and oxygen atoms in total. The standard InChI is InChI=1S/C16H16FNO/c1-19-14-6-7-15-11(9-14)5-8-16(15)18-13-4-2-3-12(17)10-13/h2-4,6,9-10,18H,5,7-8H2,1H3. The molecule has 0 bridgehead atoms. The van der Waals surface area contributed by atoms with Gasteiger partial charge in [0.2, 0.25) is 0 Å². The van der Waals surface area contributed by atoms with Crippen LogP contribution in [-0.2, 0) is 4.74 Å². The van der Waals surface area contributed by atoms with Crippen molar-refractivity contribution >= 4 is 5.69 Å². The lowest BCUT2D eigenvalue weighted by molar-refractivity contribution is 0.304. The van der Waals surface area contributed by atoms with Crippen molar-refractivity contribution in [2.45, 2.75) is 19.3 Å². The van der Waals surface area contributed by atoms with Gasteiger partial charge in [-0.2, -0.15) is 0 Å². The van der Waals surface area contributed by atoms with Gasteiger partial charge in [0.25, 0.3) is 0 Å². The summed E-state index contributed by atoms with van der Waals surface area (Å²) in [6.45, 7) is 0. The van der Waals surface area contributed by atoms with E-state index in [0.29, 0.717) is 0 Å². The van der Waals surface area contributed by atoms with Crippen LogP contribution in [0.2, 0.25) is 0 Å². The van der Waals surface area contributed by atoms with Crippen LogP contribution in [0.5, 0.6) is 0 Å². The van der Waals surface area contributed by atoms with E-state index in [4.69, 9.17) is 4.74 Å². The number of hydrogen-bond acceptors (Lipinski definition) is 2. The van der Waals surface area contributed by atoms with Gasteiger partial charge < -0.3 is 10.1 Å². The van der Waals surface area contributed by atoms with Crippen LogP contribution in [0.15, 0.2) is 59.0 Å². The monoisotopic (exact) mass is 257 g/mol. The van der Waals surface area contributed by atoms with E-state index >= 15 is 0 Å². The van der Waals surface area contributed by atoms with Crippen LogP contribution in [0.1, 0.15) is 19.3 Å². The molecule has 2 aliphatic carbocycles. The first-order chi connectivity index (χ1) is 9.26. The van der Waals surface area contributed by atoms with Gasteiger partial charge in [0.15, 0.2) is 0 Å². The number of rotatable bonds is 3. The third-order valence-corrected chi connectivity index (χ3v) is 3.58. The van der Waals surface area contributed by atoms with Crippen molar-refractivity contribution in [2.24, 2.45) is 0 Å². The zero-order valence-corrected chi connectivity index (χ0v) is 10.9. The average Bonchev–Trinajstić information content (AvgIpc) is 2.81. The Morgan fingerprint density at radius 1 is 1.26 bits per heavy atom. The van der Waals surface area contributed by atoms with E-state index in [-0.39, 0.29) is 5.82 Å². The second-order valence-electron chi connectivity index (χ2n) is 4.78. The number of allylic oxidation sites excluding steroid dienone is 5. The van der Waals surface area contributed by atoms with Crippen LogP contribution in [0.3, 0.4) is 0 Å². The molecule has 0 radical (unpaired) electrons. The summed E-state index contributed by atoms with van der Waals surface area (Å²) in [5.74, 6) is 0.723. The van der Waals surface area contributed by atoms with Gasteiger partial charge in [0.05, 0.1) is 7.11 Å². The Labute approximate surface area is 112 Å². The molecule has 0 saturated carbocycles. The SMILES string of the molecule is COC1=CCC2=C(Nc3cccc(F)c3)CCC2=C1. The first-order valence-corrected chi connectivity index (χ1v) is 6.46. The van der Waals surface area contributed by atoms with E-state index in [0.717, 1.165) is 30.7 Å². The van der Waals surface area contributed by atoms with Gasteiger partial charge in [-0.05, 0) is 60.8 Å². The lowest BCUT2D eigenvalue weighted by Gasteiger charge is -2.14. The summed E-state index contributed by atoms with van der Waals surface area (Å²) in [4.78, 5) is 0. The third kappa shape index (κ3) is 2.41. The number of nitrogens with one attached hydrogen (secondary N) is 1. The fourth-order valence-corrected chi connectivity index (χ4v) is 2.62. The number of fused-ring (bicyclic) bond motifs is 1. The largest absolute Gasteiger partial charge is 0.497 e. The average molecular weight is 257 g/mol. The maximum atomic E-state index is 13.2. The molecular weight excluding hydrogens is 241 g/mol. The van der Waals surface area contributed by atoms with Crippen LogP contribution in [0.4, 0.5) is 10.1 Å². The van der Waals surface area contributed by atoms with Crippen molar-refractivity contribution in [3.8, 4) is 0 Å². The maximum Gasteiger partial charge on any atom is 0.125 e. The number of halogens is 1. The van der Waals surface area contributed by atoms with Crippen molar-refractivity contribution in [3.63, 3.8) is 0 Å². The smallest absolute Gasteiger partial charge is 0.125 e. The molecule has 0 heterocycles. The Morgan fingerprint density at radius 3 is 2.95 bits per heavy atom. The molecule has 0 aliphatic heterocycles. The van der Waals surface area contributed by atoms with E-state index in [1.807, 2.05) is 6.07 Å². The minimum Gasteiger partial charge on any atom is -0.497 e. The summed E-state index contributed by atoms with van der Waals surface area (Å²) in [6.07, 6.45) is 7.05. The van der Waals surface area contributed by atoms with Crippen LogP contribution in [0.25, 0.3) is 0 Å². The molecule has 0 saturated heterocycles. The molecule has 1 aromatic rings. The highest BCUT2D eigenvalue weighted by Gasteiger charge is 2.22. The van der Waals surface area contributed by atoms with Gasteiger partial charge in [-0.1, -0.05) is 6.07 Å². The molecule has 19 heavy (non-hydrogen) atoms. The fourth-order valence-electron chi connectivity index (χ4n) is 2.62. The lowest BCUT2D eigenvalue weighted by Crippen LogP contribution is -2.01.